The standard InChI is InChI=1S/C20H23N5O/c1-14(2)17-11-19(25-18(23-17)8-9-21-25)22-16-10-20(26)24(13-16)12-15-6-4-3-5-7-15/h3-9,11,14,16,22H,10,12-13H2,1-2H3. The first-order chi connectivity index (χ1) is 12.6. The Morgan fingerprint density at radius 2 is 2.04 bits per heavy atom. The molecule has 1 N–H and O–H groups in total. The van der Waals surface area contributed by atoms with Gasteiger partial charge in [0.2, 0.25) is 5.91 Å². The van der Waals surface area contributed by atoms with Crippen molar-refractivity contribution in [3.05, 3.63) is 59.9 Å². The smallest absolute Gasteiger partial charge is 0.225 e. The summed E-state index contributed by atoms with van der Waals surface area (Å²) in [4.78, 5) is 19.0. The number of carbonyl (C=O) groups excluding carboxylic acids is 1. The molecule has 1 atom stereocenters. The maximum absolute atomic E-state index is 12.4. The van der Waals surface area contributed by atoms with Crippen LogP contribution in [0.2, 0.25) is 0 Å². The minimum atomic E-state index is 0.0704. The molecule has 1 fully saturated rings. The van der Waals surface area contributed by atoms with Crippen LogP contribution in [-0.2, 0) is 11.3 Å². The quantitative estimate of drug-likeness (QED) is 0.769. The van der Waals surface area contributed by atoms with Crippen molar-refractivity contribution in [2.24, 2.45) is 0 Å². The van der Waals surface area contributed by atoms with E-state index in [0.717, 1.165) is 22.7 Å². The second-order valence-electron chi connectivity index (χ2n) is 7.13. The van der Waals surface area contributed by atoms with Crippen molar-refractivity contribution >= 4 is 17.4 Å². The second kappa shape index (κ2) is 6.78. The molecule has 0 saturated carbocycles. The van der Waals surface area contributed by atoms with Gasteiger partial charge in [0, 0.05) is 37.3 Å². The van der Waals surface area contributed by atoms with E-state index >= 15 is 0 Å². The summed E-state index contributed by atoms with van der Waals surface area (Å²) in [6.07, 6.45) is 2.24. The predicted octanol–water partition coefficient (Wildman–Crippen LogP) is 3.07. The van der Waals surface area contributed by atoms with Crippen molar-refractivity contribution in [3.8, 4) is 0 Å². The van der Waals surface area contributed by atoms with Crippen LogP contribution in [0.25, 0.3) is 5.65 Å². The lowest BCUT2D eigenvalue weighted by Gasteiger charge is -2.18. The van der Waals surface area contributed by atoms with Gasteiger partial charge in [-0.3, -0.25) is 4.79 Å². The summed E-state index contributed by atoms with van der Waals surface area (Å²) in [6, 6.07) is 14.1. The molecule has 0 aliphatic carbocycles. The van der Waals surface area contributed by atoms with Crippen LogP contribution in [0, 0.1) is 0 Å². The first-order valence-electron chi connectivity index (χ1n) is 9.03. The summed E-state index contributed by atoms with van der Waals surface area (Å²) in [6.45, 7) is 5.60. The molecule has 134 valence electrons. The average Bonchev–Trinajstić information content (AvgIpc) is 3.23. The van der Waals surface area contributed by atoms with E-state index in [9.17, 15) is 4.79 Å². The molecule has 1 aliphatic rings. The van der Waals surface area contributed by atoms with Crippen LogP contribution in [0.15, 0.2) is 48.7 Å². The maximum Gasteiger partial charge on any atom is 0.225 e. The molecule has 1 amide bonds. The number of nitrogens with zero attached hydrogens (tertiary/aromatic N) is 4. The van der Waals surface area contributed by atoms with Crippen molar-refractivity contribution in [2.45, 2.75) is 38.8 Å². The highest BCUT2D eigenvalue weighted by atomic mass is 16.2. The molecule has 1 aromatic carbocycles. The lowest BCUT2D eigenvalue weighted by atomic mass is 10.1. The lowest BCUT2D eigenvalue weighted by Crippen LogP contribution is -2.28. The van der Waals surface area contributed by atoms with Crippen LogP contribution < -0.4 is 5.32 Å². The largest absolute Gasteiger partial charge is 0.365 e. The minimum absolute atomic E-state index is 0.0704. The van der Waals surface area contributed by atoms with Gasteiger partial charge in [-0.15, -0.1) is 0 Å². The van der Waals surface area contributed by atoms with Crippen LogP contribution in [0.5, 0.6) is 0 Å². The zero-order valence-corrected chi connectivity index (χ0v) is 15.1. The fourth-order valence-corrected chi connectivity index (χ4v) is 3.37. The van der Waals surface area contributed by atoms with E-state index < -0.39 is 0 Å². The molecule has 1 aliphatic heterocycles. The normalized spacial score (nSPS) is 17.4. The van der Waals surface area contributed by atoms with Crippen molar-refractivity contribution in [1.29, 1.82) is 0 Å². The van der Waals surface area contributed by atoms with E-state index in [1.165, 1.54) is 0 Å². The summed E-state index contributed by atoms with van der Waals surface area (Å²) in [5, 5.41) is 7.87. The molecule has 0 bridgehead atoms. The van der Waals surface area contributed by atoms with Crippen molar-refractivity contribution in [1.82, 2.24) is 19.5 Å². The topological polar surface area (TPSA) is 62.5 Å². The van der Waals surface area contributed by atoms with E-state index in [1.54, 1.807) is 10.7 Å². The van der Waals surface area contributed by atoms with Gasteiger partial charge in [0.05, 0.1) is 12.2 Å². The van der Waals surface area contributed by atoms with Gasteiger partial charge in [-0.05, 0) is 11.5 Å². The third kappa shape index (κ3) is 3.27. The highest BCUT2D eigenvalue weighted by Crippen LogP contribution is 2.22. The van der Waals surface area contributed by atoms with Crippen LogP contribution >= 0.6 is 0 Å². The van der Waals surface area contributed by atoms with E-state index in [4.69, 9.17) is 0 Å². The number of carbonyl (C=O) groups is 1. The van der Waals surface area contributed by atoms with Crippen molar-refractivity contribution < 1.29 is 4.79 Å². The third-order valence-corrected chi connectivity index (χ3v) is 4.75. The first-order valence-corrected chi connectivity index (χ1v) is 9.03. The summed E-state index contributed by atoms with van der Waals surface area (Å²) in [7, 11) is 0. The Balaban J connectivity index is 1.52. The molecule has 0 spiro atoms. The van der Waals surface area contributed by atoms with Crippen LogP contribution in [0.3, 0.4) is 0 Å². The molecular weight excluding hydrogens is 326 g/mol. The van der Waals surface area contributed by atoms with Crippen LogP contribution in [0.1, 0.15) is 37.4 Å². The molecule has 3 aromatic rings. The molecule has 3 heterocycles. The molecule has 2 aromatic heterocycles. The Bertz CT molecular complexity index is 918. The van der Waals surface area contributed by atoms with Crippen LogP contribution in [0.4, 0.5) is 5.82 Å². The lowest BCUT2D eigenvalue weighted by molar-refractivity contribution is -0.128. The van der Waals surface area contributed by atoms with Crippen molar-refractivity contribution in [2.75, 3.05) is 11.9 Å². The zero-order valence-electron chi connectivity index (χ0n) is 15.1. The number of aromatic nitrogens is 3. The van der Waals surface area contributed by atoms with Gasteiger partial charge >= 0.3 is 0 Å². The first kappa shape index (κ1) is 16.6. The van der Waals surface area contributed by atoms with Gasteiger partial charge < -0.3 is 10.2 Å². The number of fused-ring (bicyclic) bond motifs is 1. The fraction of sp³-hybridized carbons (Fsp3) is 0.350. The number of hydrogen-bond donors (Lipinski definition) is 1. The van der Waals surface area contributed by atoms with Gasteiger partial charge in [0.25, 0.3) is 0 Å². The number of anilines is 1. The summed E-state index contributed by atoms with van der Waals surface area (Å²) in [5.41, 5.74) is 3.00. The molecule has 4 rings (SSSR count). The summed E-state index contributed by atoms with van der Waals surface area (Å²) in [5.74, 6) is 1.40. The summed E-state index contributed by atoms with van der Waals surface area (Å²) >= 11 is 0. The molecule has 0 radical (unpaired) electrons. The highest BCUT2D eigenvalue weighted by Gasteiger charge is 2.30. The Morgan fingerprint density at radius 1 is 1.23 bits per heavy atom. The number of benzene rings is 1. The Kier molecular flexibility index (Phi) is 4.32. The predicted molar refractivity (Wildman–Crippen MR) is 101 cm³/mol. The molecule has 26 heavy (non-hydrogen) atoms. The molecule has 1 saturated heterocycles. The van der Waals surface area contributed by atoms with Gasteiger partial charge in [-0.2, -0.15) is 9.61 Å². The second-order valence-corrected chi connectivity index (χ2v) is 7.13. The van der Waals surface area contributed by atoms with Gasteiger partial charge in [-0.25, -0.2) is 4.98 Å². The van der Waals surface area contributed by atoms with E-state index in [1.807, 2.05) is 35.2 Å². The molecular formula is C20H23N5O. The van der Waals surface area contributed by atoms with Gasteiger partial charge in [-0.1, -0.05) is 44.2 Å². The third-order valence-electron chi connectivity index (χ3n) is 4.75. The van der Waals surface area contributed by atoms with Gasteiger partial charge in [0.1, 0.15) is 5.82 Å². The molecule has 6 nitrogen and oxygen atoms in total. The number of likely N-dealkylation sites (tertiary alicyclic amines) is 1. The average molecular weight is 349 g/mol. The SMILES string of the molecule is CC(C)c1cc(NC2CC(=O)N(Cc3ccccc3)C2)n2nccc2n1. The van der Waals surface area contributed by atoms with E-state index in [2.05, 4.69) is 41.4 Å². The number of hydrogen-bond acceptors (Lipinski definition) is 4. The van der Waals surface area contributed by atoms with Gasteiger partial charge in [0.15, 0.2) is 5.65 Å². The minimum Gasteiger partial charge on any atom is -0.365 e. The highest BCUT2D eigenvalue weighted by molar-refractivity contribution is 5.80. The Labute approximate surface area is 152 Å². The van der Waals surface area contributed by atoms with E-state index in [0.29, 0.717) is 25.4 Å². The van der Waals surface area contributed by atoms with Crippen molar-refractivity contribution in [3.63, 3.8) is 0 Å². The molecule has 6 heteroatoms. The zero-order chi connectivity index (χ0) is 18.1. The number of nitrogens with one attached hydrogen (secondary N) is 1. The summed E-state index contributed by atoms with van der Waals surface area (Å²) < 4.78 is 1.80. The Hall–Kier alpha value is -2.89. The van der Waals surface area contributed by atoms with E-state index in [-0.39, 0.29) is 11.9 Å². The fourth-order valence-electron chi connectivity index (χ4n) is 3.37. The molecule has 1 unspecified atom stereocenters. The monoisotopic (exact) mass is 349 g/mol. The van der Waals surface area contributed by atoms with Crippen LogP contribution in [-0.4, -0.2) is 38.0 Å². The Morgan fingerprint density at radius 3 is 2.81 bits per heavy atom. The number of rotatable bonds is 5. The maximum atomic E-state index is 12.4. The number of amides is 1.